The zero-order chi connectivity index (χ0) is 19.6. The second-order valence-corrected chi connectivity index (χ2v) is 6.76. The maximum absolute atomic E-state index is 12.5. The Morgan fingerprint density at radius 1 is 1.41 bits per heavy atom. The Morgan fingerprint density at radius 2 is 2.19 bits per heavy atom. The van der Waals surface area contributed by atoms with Crippen LogP contribution in [0.5, 0.6) is 0 Å². The van der Waals surface area contributed by atoms with E-state index >= 15 is 0 Å². The summed E-state index contributed by atoms with van der Waals surface area (Å²) in [7, 11) is 1.52. The van der Waals surface area contributed by atoms with Crippen molar-refractivity contribution in [2.24, 2.45) is 5.92 Å². The molecule has 1 aliphatic heterocycles. The number of aromatic nitrogens is 2. The summed E-state index contributed by atoms with van der Waals surface area (Å²) in [4.78, 5) is 38.9. The maximum Gasteiger partial charge on any atom is 0.308 e. The minimum atomic E-state index is -0.894. The van der Waals surface area contributed by atoms with Crippen molar-refractivity contribution in [1.29, 1.82) is 0 Å². The van der Waals surface area contributed by atoms with Crippen molar-refractivity contribution in [3.63, 3.8) is 0 Å². The molecular weight excluding hydrogens is 352 g/mol. The molecule has 2 N–H and O–H groups in total. The average Bonchev–Trinajstić information content (AvgIpc) is 3.30. The van der Waals surface area contributed by atoms with Gasteiger partial charge in [-0.15, -0.1) is 0 Å². The summed E-state index contributed by atoms with van der Waals surface area (Å²) < 4.78 is 5.49. The maximum atomic E-state index is 12.5. The first-order chi connectivity index (χ1) is 12.8. The highest BCUT2D eigenvalue weighted by Gasteiger charge is 2.29. The van der Waals surface area contributed by atoms with Gasteiger partial charge in [-0.25, -0.2) is 0 Å². The molecule has 1 fully saturated rings. The normalized spacial score (nSPS) is 17.0. The molecule has 1 unspecified atom stereocenters. The molecule has 1 aliphatic rings. The van der Waals surface area contributed by atoms with Crippen LogP contribution in [0.25, 0.3) is 11.5 Å². The number of rotatable bonds is 5. The van der Waals surface area contributed by atoms with Gasteiger partial charge >= 0.3 is 5.97 Å². The number of H-pyrrole nitrogens is 1. The SMILES string of the molecule is Cc1ccc(-c2cc(C(=O)N(C)CC(=O)N3CCCC(C(=O)O)C3)n[nH]2)o1. The molecule has 0 saturated carbocycles. The van der Waals surface area contributed by atoms with Crippen molar-refractivity contribution in [1.82, 2.24) is 20.0 Å². The molecule has 1 atom stereocenters. The molecule has 27 heavy (non-hydrogen) atoms. The molecule has 9 nitrogen and oxygen atoms in total. The standard InChI is InChI=1S/C18H22N4O5/c1-11-5-6-15(27-11)13-8-14(20-19-13)17(24)21(2)10-16(23)22-7-3-4-12(9-22)18(25)26/h5-6,8,12H,3-4,7,9-10H2,1-2H3,(H,19,20)(H,25,26). The van der Waals surface area contributed by atoms with E-state index in [0.29, 0.717) is 30.8 Å². The van der Waals surface area contributed by atoms with E-state index < -0.39 is 17.8 Å². The summed E-state index contributed by atoms with van der Waals surface area (Å²) in [5, 5.41) is 15.9. The number of carboxylic acid groups (broad SMARTS) is 1. The second-order valence-electron chi connectivity index (χ2n) is 6.76. The number of piperidine rings is 1. The molecule has 0 radical (unpaired) electrons. The van der Waals surface area contributed by atoms with Crippen molar-refractivity contribution in [2.45, 2.75) is 19.8 Å². The van der Waals surface area contributed by atoms with E-state index in [4.69, 9.17) is 9.52 Å². The first kappa shape index (κ1) is 18.7. The fourth-order valence-electron chi connectivity index (χ4n) is 3.11. The van der Waals surface area contributed by atoms with E-state index in [9.17, 15) is 14.4 Å². The number of nitrogens with zero attached hydrogens (tertiary/aromatic N) is 3. The van der Waals surface area contributed by atoms with Gasteiger partial charge in [0, 0.05) is 26.2 Å². The number of carboxylic acids is 1. The van der Waals surface area contributed by atoms with Crippen LogP contribution in [-0.4, -0.2) is 69.6 Å². The van der Waals surface area contributed by atoms with Crippen LogP contribution in [0.1, 0.15) is 29.1 Å². The zero-order valence-corrected chi connectivity index (χ0v) is 15.3. The number of aromatic amines is 1. The van der Waals surface area contributed by atoms with E-state index in [1.54, 1.807) is 12.1 Å². The molecule has 2 aromatic heterocycles. The van der Waals surface area contributed by atoms with Gasteiger partial charge < -0.3 is 19.3 Å². The lowest BCUT2D eigenvalue weighted by Crippen LogP contribution is -2.46. The third-order valence-electron chi connectivity index (χ3n) is 4.65. The summed E-state index contributed by atoms with van der Waals surface area (Å²) in [6.07, 6.45) is 1.21. The van der Waals surface area contributed by atoms with Crippen LogP contribution in [0.4, 0.5) is 0 Å². The Kier molecular flexibility index (Phi) is 5.29. The van der Waals surface area contributed by atoms with Gasteiger partial charge in [0.1, 0.15) is 11.5 Å². The lowest BCUT2D eigenvalue weighted by atomic mass is 9.98. The predicted molar refractivity (Wildman–Crippen MR) is 94.9 cm³/mol. The summed E-state index contributed by atoms with van der Waals surface area (Å²) in [5.41, 5.74) is 0.753. The van der Waals surface area contributed by atoms with Crippen molar-refractivity contribution < 1.29 is 23.9 Å². The Hall–Kier alpha value is -3.10. The Labute approximate surface area is 155 Å². The fraction of sp³-hybridized carbons (Fsp3) is 0.444. The van der Waals surface area contributed by atoms with E-state index in [1.807, 2.05) is 13.0 Å². The van der Waals surface area contributed by atoms with E-state index in [1.165, 1.54) is 16.8 Å². The average molecular weight is 374 g/mol. The first-order valence-electron chi connectivity index (χ1n) is 8.73. The number of likely N-dealkylation sites (N-methyl/N-ethyl adjacent to an activating group) is 1. The third-order valence-corrected chi connectivity index (χ3v) is 4.65. The first-order valence-corrected chi connectivity index (χ1v) is 8.73. The third kappa shape index (κ3) is 4.18. The zero-order valence-electron chi connectivity index (χ0n) is 15.3. The highest BCUT2D eigenvalue weighted by molar-refractivity contribution is 5.95. The van der Waals surface area contributed by atoms with Gasteiger partial charge in [-0.2, -0.15) is 5.10 Å². The summed E-state index contributed by atoms with van der Waals surface area (Å²) in [6.45, 7) is 2.38. The molecule has 1 saturated heterocycles. The topological polar surface area (TPSA) is 120 Å². The van der Waals surface area contributed by atoms with Gasteiger partial charge in [0.15, 0.2) is 11.5 Å². The molecule has 3 rings (SSSR count). The molecule has 0 aliphatic carbocycles. The molecule has 0 bridgehead atoms. The highest BCUT2D eigenvalue weighted by atomic mass is 16.4. The van der Waals surface area contributed by atoms with Crippen LogP contribution < -0.4 is 0 Å². The number of hydrogen-bond acceptors (Lipinski definition) is 5. The quantitative estimate of drug-likeness (QED) is 0.816. The highest BCUT2D eigenvalue weighted by Crippen LogP contribution is 2.21. The van der Waals surface area contributed by atoms with Gasteiger partial charge in [0.05, 0.1) is 12.5 Å². The van der Waals surface area contributed by atoms with E-state index in [0.717, 1.165) is 5.76 Å². The molecule has 2 amide bonds. The van der Waals surface area contributed by atoms with Gasteiger partial charge in [0.25, 0.3) is 5.91 Å². The number of amides is 2. The van der Waals surface area contributed by atoms with Crippen molar-refractivity contribution in [3.8, 4) is 11.5 Å². The molecule has 144 valence electrons. The number of carbonyl (C=O) groups is 3. The van der Waals surface area contributed by atoms with Crippen LogP contribution in [0, 0.1) is 12.8 Å². The number of hydrogen-bond donors (Lipinski definition) is 2. The van der Waals surface area contributed by atoms with Crippen LogP contribution in [-0.2, 0) is 9.59 Å². The largest absolute Gasteiger partial charge is 0.481 e. The van der Waals surface area contributed by atoms with E-state index in [-0.39, 0.29) is 24.7 Å². The van der Waals surface area contributed by atoms with Gasteiger partial charge in [0.2, 0.25) is 5.91 Å². The molecule has 3 heterocycles. The monoisotopic (exact) mass is 374 g/mol. The Bertz CT molecular complexity index is 856. The van der Waals surface area contributed by atoms with Crippen LogP contribution in [0.2, 0.25) is 0 Å². The van der Waals surface area contributed by atoms with Gasteiger partial charge in [-0.3, -0.25) is 19.5 Å². The van der Waals surface area contributed by atoms with Crippen molar-refractivity contribution in [2.75, 3.05) is 26.7 Å². The van der Waals surface area contributed by atoms with Gasteiger partial charge in [-0.1, -0.05) is 0 Å². The molecule has 2 aromatic rings. The van der Waals surface area contributed by atoms with Crippen LogP contribution >= 0.6 is 0 Å². The minimum absolute atomic E-state index is 0.132. The Balaban J connectivity index is 1.61. The Morgan fingerprint density at radius 3 is 2.85 bits per heavy atom. The summed E-state index contributed by atoms with van der Waals surface area (Å²) >= 11 is 0. The van der Waals surface area contributed by atoms with Crippen molar-refractivity contribution >= 4 is 17.8 Å². The predicted octanol–water partition coefficient (Wildman–Crippen LogP) is 1.37. The summed E-state index contributed by atoms with van der Waals surface area (Å²) in [5.74, 6) is -0.791. The lowest BCUT2D eigenvalue weighted by Gasteiger charge is -2.31. The minimum Gasteiger partial charge on any atom is -0.481 e. The number of aryl methyl sites for hydroxylation is 1. The van der Waals surface area contributed by atoms with Crippen LogP contribution in [0.15, 0.2) is 22.6 Å². The number of aliphatic carboxylic acids is 1. The second kappa shape index (κ2) is 7.65. The van der Waals surface area contributed by atoms with Crippen molar-refractivity contribution in [3.05, 3.63) is 29.7 Å². The number of furan rings is 1. The smallest absolute Gasteiger partial charge is 0.308 e. The molecule has 0 spiro atoms. The van der Waals surface area contributed by atoms with Gasteiger partial charge in [-0.05, 0) is 31.9 Å². The molecule has 9 heteroatoms. The molecule has 0 aromatic carbocycles. The number of nitrogens with one attached hydrogen (secondary N) is 1. The molecular formula is C18H22N4O5. The van der Waals surface area contributed by atoms with Crippen LogP contribution in [0.3, 0.4) is 0 Å². The fourth-order valence-corrected chi connectivity index (χ4v) is 3.11. The number of carbonyl (C=O) groups excluding carboxylic acids is 2. The summed E-state index contributed by atoms with van der Waals surface area (Å²) in [6, 6.07) is 5.16. The lowest BCUT2D eigenvalue weighted by molar-refractivity contribution is -0.145. The number of likely N-dealkylation sites (tertiary alicyclic amines) is 1. The van der Waals surface area contributed by atoms with E-state index in [2.05, 4.69) is 10.2 Å².